The highest BCUT2D eigenvalue weighted by molar-refractivity contribution is 7.91. The van der Waals surface area contributed by atoms with Crippen LogP contribution < -0.4 is 10.6 Å². The van der Waals surface area contributed by atoms with Gasteiger partial charge in [0.1, 0.15) is 11.1 Å². The van der Waals surface area contributed by atoms with Crippen LogP contribution in [-0.2, 0) is 23.8 Å². The molecule has 196 valence electrons. The molecule has 2 unspecified atom stereocenters. The molecule has 0 saturated carbocycles. The Kier molecular flexibility index (Phi) is 7.60. The third-order valence-corrected chi connectivity index (χ3v) is 10.7. The molecule has 3 aromatic rings. The molecule has 0 saturated heterocycles. The summed E-state index contributed by atoms with van der Waals surface area (Å²) in [6.45, 7) is 6.60. The molecule has 0 bridgehead atoms. The lowest BCUT2D eigenvalue weighted by atomic mass is 10.2. The normalized spacial score (nSPS) is 17.2. The zero-order valence-electron chi connectivity index (χ0n) is 21.1. The third kappa shape index (κ3) is 4.83. The lowest BCUT2D eigenvalue weighted by Crippen LogP contribution is -2.32. The van der Waals surface area contributed by atoms with Crippen LogP contribution in [-0.4, -0.2) is 36.8 Å². The lowest BCUT2D eigenvalue weighted by Gasteiger charge is -2.21. The topological polar surface area (TPSA) is 91.7 Å². The maximum Gasteiger partial charge on any atom is 0.356 e. The van der Waals surface area contributed by atoms with Crippen LogP contribution in [0.25, 0.3) is 10.9 Å². The molecule has 1 aliphatic rings. The van der Waals surface area contributed by atoms with Crippen LogP contribution in [0.4, 0.5) is 4.39 Å². The van der Waals surface area contributed by atoms with Crippen LogP contribution in [0.2, 0.25) is 0 Å². The van der Waals surface area contributed by atoms with Gasteiger partial charge >= 0.3 is 5.97 Å². The number of hydrogen-bond acceptors (Lipinski definition) is 6. The molecule has 4 rings (SSSR count). The van der Waals surface area contributed by atoms with Gasteiger partial charge in [-0.15, -0.1) is 0 Å². The van der Waals surface area contributed by atoms with E-state index in [4.69, 9.17) is 9.26 Å². The van der Waals surface area contributed by atoms with Gasteiger partial charge in [0, 0.05) is 10.7 Å². The quantitative estimate of drug-likeness (QED) is 0.295. The van der Waals surface area contributed by atoms with Gasteiger partial charge in [0.15, 0.2) is 5.69 Å². The number of aryl methyl sites for hydroxylation is 2. The van der Waals surface area contributed by atoms with E-state index in [2.05, 4.69) is 0 Å². The Morgan fingerprint density at radius 3 is 2.46 bits per heavy atom. The molecular weight excluding hydrogens is 516 g/mol. The molecule has 1 aromatic heterocycles. The second-order valence-electron chi connectivity index (χ2n) is 8.79. The molecule has 0 amide bonds. The molecule has 1 heterocycles. The number of carbonyl (C=O) groups excluding carboxylic acids is 1. The van der Waals surface area contributed by atoms with Crippen molar-refractivity contribution in [1.82, 2.24) is 3.97 Å². The van der Waals surface area contributed by atoms with Gasteiger partial charge in [0.2, 0.25) is 10.0 Å². The van der Waals surface area contributed by atoms with E-state index in [1.165, 1.54) is 12.1 Å². The highest BCUT2D eigenvalue weighted by atomic mass is 32.2. The van der Waals surface area contributed by atoms with E-state index in [-0.39, 0.29) is 41.1 Å². The molecule has 1 aliphatic carbocycles. The van der Waals surface area contributed by atoms with Crippen molar-refractivity contribution in [2.45, 2.75) is 39.4 Å². The fraction of sp³-hybridized carbons (Fsp3) is 0.296. The highest BCUT2D eigenvalue weighted by Crippen LogP contribution is 2.49. The number of benzene rings is 2. The van der Waals surface area contributed by atoms with E-state index in [1.807, 2.05) is 0 Å². The molecule has 0 fully saturated rings. The van der Waals surface area contributed by atoms with Crippen molar-refractivity contribution in [3.8, 4) is 0 Å². The van der Waals surface area contributed by atoms with E-state index in [0.29, 0.717) is 5.56 Å². The Morgan fingerprint density at radius 2 is 1.84 bits per heavy atom. The van der Waals surface area contributed by atoms with Crippen LogP contribution >= 0.6 is 7.37 Å². The number of allylic oxidation sites excluding steroid dienone is 3. The molecule has 2 aromatic carbocycles. The number of halogens is 1. The summed E-state index contributed by atoms with van der Waals surface area (Å²) in [5.74, 6) is -1.59. The van der Waals surface area contributed by atoms with Crippen molar-refractivity contribution in [2.24, 2.45) is 0 Å². The monoisotopic (exact) mass is 545 g/mol. The minimum absolute atomic E-state index is 0.0239. The number of nitrogens with zero attached hydrogens (tertiary/aromatic N) is 1. The van der Waals surface area contributed by atoms with Crippen molar-refractivity contribution < 1.29 is 31.4 Å². The number of rotatable bonds is 8. The second-order valence-corrected chi connectivity index (χ2v) is 13.1. The Labute approximate surface area is 216 Å². The summed E-state index contributed by atoms with van der Waals surface area (Å²) in [7, 11) is -8.43. The molecular formula is C27H29FNO6PS. The molecule has 37 heavy (non-hydrogen) atoms. The lowest BCUT2D eigenvalue weighted by molar-refractivity contribution is 0.0520. The van der Waals surface area contributed by atoms with Gasteiger partial charge in [0.25, 0.3) is 7.37 Å². The zero-order chi connectivity index (χ0) is 27.0. The molecule has 0 aliphatic heterocycles. The van der Waals surface area contributed by atoms with Crippen molar-refractivity contribution in [2.75, 3.05) is 13.2 Å². The molecule has 7 nitrogen and oxygen atoms in total. The first kappa shape index (κ1) is 27.0. The van der Waals surface area contributed by atoms with Crippen LogP contribution in [0.1, 0.15) is 41.9 Å². The maximum absolute atomic E-state index is 14.9. The van der Waals surface area contributed by atoms with E-state index < -0.39 is 40.1 Å². The van der Waals surface area contributed by atoms with E-state index in [0.717, 1.165) is 15.6 Å². The summed E-state index contributed by atoms with van der Waals surface area (Å²) in [6.07, 6.45) is 6.85. The minimum Gasteiger partial charge on any atom is -0.461 e. The largest absolute Gasteiger partial charge is 0.461 e. The number of hydrogen-bond donors (Lipinski definition) is 0. The van der Waals surface area contributed by atoms with Gasteiger partial charge < -0.3 is 9.26 Å². The van der Waals surface area contributed by atoms with Gasteiger partial charge in [0.05, 0.1) is 24.0 Å². The molecule has 0 radical (unpaired) electrons. The van der Waals surface area contributed by atoms with Crippen molar-refractivity contribution >= 4 is 44.9 Å². The van der Waals surface area contributed by atoms with Gasteiger partial charge in [-0.1, -0.05) is 35.9 Å². The predicted octanol–water partition coefficient (Wildman–Crippen LogP) is 4.90. The average molecular weight is 546 g/mol. The number of fused-ring (bicyclic) bond motifs is 1. The van der Waals surface area contributed by atoms with Crippen LogP contribution in [0.5, 0.6) is 0 Å². The van der Waals surface area contributed by atoms with E-state index in [1.54, 1.807) is 70.2 Å². The van der Waals surface area contributed by atoms with Crippen LogP contribution in [0.15, 0.2) is 60.7 Å². The first-order valence-electron chi connectivity index (χ1n) is 12.0. The fourth-order valence-electron chi connectivity index (χ4n) is 4.55. The highest BCUT2D eigenvalue weighted by Gasteiger charge is 2.43. The van der Waals surface area contributed by atoms with Crippen molar-refractivity contribution in [3.63, 3.8) is 0 Å². The minimum atomic E-state index is -4.22. The summed E-state index contributed by atoms with van der Waals surface area (Å²) in [6, 6.07) is 8.85. The molecule has 2 atom stereocenters. The van der Waals surface area contributed by atoms with Crippen molar-refractivity contribution in [1.29, 1.82) is 0 Å². The standard InChI is InChI=1S/C27H29FNO6PS/c1-5-34-27(30)25-26(36(31,35-6-2)21-15-19(4)14-20(28)17-21)23-16-18(3)12-13-24(23)29(25)37(32,33)22-10-8-7-9-11-22/h7-10,12-17,22H,5-6,11H2,1-4H3. The summed E-state index contributed by atoms with van der Waals surface area (Å²) >= 11 is 0. The molecule has 0 spiro atoms. The first-order chi connectivity index (χ1) is 17.5. The Hall–Kier alpha value is -3.00. The predicted molar refractivity (Wildman–Crippen MR) is 143 cm³/mol. The maximum atomic E-state index is 14.9. The van der Waals surface area contributed by atoms with Gasteiger partial charge in [-0.25, -0.2) is 21.6 Å². The summed E-state index contributed by atoms with van der Waals surface area (Å²) < 4.78 is 69.5. The Morgan fingerprint density at radius 1 is 1.08 bits per heavy atom. The van der Waals surface area contributed by atoms with E-state index in [9.17, 15) is 22.2 Å². The number of esters is 1. The first-order valence-corrected chi connectivity index (χ1v) is 15.1. The van der Waals surface area contributed by atoms with Gasteiger partial charge in [-0.3, -0.25) is 4.57 Å². The smallest absolute Gasteiger partial charge is 0.356 e. The summed E-state index contributed by atoms with van der Waals surface area (Å²) in [5, 5.41) is -0.787. The molecule has 0 N–H and O–H groups in total. The van der Waals surface area contributed by atoms with Crippen LogP contribution in [0, 0.1) is 19.7 Å². The Balaban J connectivity index is 2.19. The number of carbonyl (C=O) groups is 1. The second kappa shape index (κ2) is 10.4. The molecule has 10 heteroatoms. The zero-order valence-corrected chi connectivity index (χ0v) is 22.8. The fourth-order valence-corrected chi connectivity index (χ4v) is 8.92. The number of ether oxygens (including phenoxy) is 1. The average Bonchev–Trinajstić information content (AvgIpc) is 3.20. The Bertz CT molecular complexity index is 1570. The third-order valence-electron chi connectivity index (χ3n) is 6.07. The van der Waals surface area contributed by atoms with Gasteiger partial charge in [-0.2, -0.15) is 0 Å². The van der Waals surface area contributed by atoms with Gasteiger partial charge in [-0.05, 0) is 70.0 Å². The SMILES string of the molecule is CCOC(=O)c1c(P(=O)(OCC)c2cc(C)cc(F)c2)c2cc(C)ccc2n1S(=O)(=O)C1C=CC=CC1. The van der Waals surface area contributed by atoms with Crippen molar-refractivity contribution in [3.05, 3.63) is 83.3 Å². The summed E-state index contributed by atoms with van der Waals surface area (Å²) in [5.41, 5.74) is 1.01. The number of aromatic nitrogens is 1. The van der Waals surface area contributed by atoms with E-state index >= 15 is 0 Å². The summed E-state index contributed by atoms with van der Waals surface area (Å²) in [4.78, 5) is 13.5. The van der Waals surface area contributed by atoms with Crippen LogP contribution in [0.3, 0.4) is 0 Å².